The molecule has 28 heavy (non-hydrogen) atoms. The van der Waals surface area contributed by atoms with Gasteiger partial charge in [-0.25, -0.2) is 0 Å². The van der Waals surface area contributed by atoms with Gasteiger partial charge in [0, 0.05) is 17.3 Å². The van der Waals surface area contributed by atoms with Gasteiger partial charge in [-0.2, -0.15) is 0 Å². The predicted molar refractivity (Wildman–Crippen MR) is 112 cm³/mol. The first-order valence-corrected chi connectivity index (χ1v) is 9.93. The summed E-state index contributed by atoms with van der Waals surface area (Å²) in [6.45, 7) is 2.84. The molecule has 2 amide bonds. The van der Waals surface area contributed by atoms with E-state index in [4.69, 9.17) is 4.74 Å². The average molecular weight is 444 g/mol. The van der Waals surface area contributed by atoms with Crippen LogP contribution in [0.3, 0.4) is 0 Å². The number of benzene rings is 2. The Morgan fingerprint density at radius 3 is 2.71 bits per heavy atom. The second kappa shape index (κ2) is 9.41. The zero-order chi connectivity index (χ0) is 19.9. The summed E-state index contributed by atoms with van der Waals surface area (Å²) in [5.41, 5.74) is 6.28. The topological polar surface area (TPSA) is 72.4 Å². The minimum absolute atomic E-state index is 0.113. The van der Waals surface area contributed by atoms with E-state index < -0.39 is 5.91 Å². The van der Waals surface area contributed by atoms with Crippen molar-refractivity contribution in [3.8, 4) is 5.75 Å². The van der Waals surface area contributed by atoms with Crippen LogP contribution < -0.4 is 15.6 Å². The third-order valence-corrected chi connectivity index (χ3v) is 4.88. The number of fused-ring (bicyclic) bond motifs is 1. The van der Waals surface area contributed by atoms with Crippen LogP contribution in [0.15, 0.2) is 59.2 Å². The van der Waals surface area contributed by atoms with Crippen LogP contribution in [-0.4, -0.2) is 23.0 Å². The van der Waals surface area contributed by atoms with Gasteiger partial charge in [-0.1, -0.05) is 31.5 Å². The summed E-state index contributed by atoms with van der Waals surface area (Å²) in [5.74, 6) is -0.0201. The number of para-hydroxylation sites is 1. The van der Waals surface area contributed by atoms with Crippen molar-refractivity contribution in [3.05, 3.63) is 64.8 Å². The Kier molecular flexibility index (Phi) is 6.71. The van der Waals surface area contributed by atoms with Crippen LogP contribution in [-0.2, 0) is 11.3 Å². The third-order valence-electron chi connectivity index (χ3n) is 4.26. The maximum absolute atomic E-state index is 12.3. The van der Waals surface area contributed by atoms with E-state index in [1.807, 2.05) is 41.1 Å². The molecular weight excluding hydrogens is 422 g/mol. The van der Waals surface area contributed by atoms with Crippen LogP contribution in [0.5, 0.6) is 5.75 Å². The number of ether oxygens (including phenoxy) is 1. The molecule has 7 heteroatoms. The van der Waals surface area contributed by atoms with Gasteiger partial charge in [-0.05, 0) is 58.1 Å². The number of halogens is 1. The molecule has 3 rings (SSSR count). The lowest BCUT2D eigenvalue weighted by Crippen LogP contribution is -2.43. The highest BCUT2D eigenvalue weighted by atomic mass is 79.9. The Hall–Kier alpha value is -2.80. The van der Waals surface area contributed by atoms with Crippen molar-refractivity contribution in [2.75, 3.05) is 6.61 Å². The molecule has 1 aromatic heterocycles. The van der Waals surface area contributed by atoms with Gasteiger partial charge < -0.3 is 9.30 Å². The van der Waals surface area contributed by atoms with Gasteiger partial charge in [0.25, 0.3) is 11.8 Å². The van der Waals surface area contributed by atoms with Gasteiger partial charge in [0.1, 0.15) is 12.3 Å². The number of hydrogen-bond donors (Lipinski definition) is 2. The fourth-order valence-electron chi connectivity index (χ4n) is 2.76. The van der Waals surface area contributed by atoms with Crippen LogP contribution in [0.2, 0.25) is 0 Å². The molecule has 0 aliphatic rings. The number of hydrazine groups is 1. The number of amides is 2. The van der Waals surface area contributed by atoms with E-state index in [2.05, 4.69) is 33.7 Å². The van der Waals surface area contributed by atoms with Crippen molar-refractivity contribution in [1.82, 2.24) is 15.4 Å². The van der Waals surface area contributed by atoms with Crippen molar-refractivity contribution in [1.29, 1.82) is 0 Å². The quantitative estimate of drug-likeness (QED) is 0.427. The summed E-state index contributed by atoms with van der Waals surface area (Å²) in [6, 6.07) is 14.8. The average Bonchev–Trinajstić information content (AvgIpc) is 3.10. The molecule has 1 heterocycles. The zero-order valence-corrected chi connectivity index (χ0v) is 17.2. The van der Waals surface area contributed by atoms with Gasteiger partial charge in [-0.15, -0.1) is 0 Å². The third kappa shape index (κ3) is 4.92. The number of carbonyl (C=O) groups excluding carboxylic acids is 2. The molecule has 0 bridgehead atoms. The lowest BCUT2D eigenvalue weighted by atomic mass is 10.2. The van der Waals surface area contributed by atoms with E-state index in [0.717, 1.165) is 23.7 Å². The molecule has 0 aliphatic carbocycles. The predicted octanol–water partition coefficient (Wildman–Crippen LogP) is 4.04. The standard InChI is InChI=1S/C21H22BrN3O3/c1-2-3-12-28-19-9-8-16(13-17(19)22)21(27)24-23-20(26)14-25-11-10-15-6-4-5-7-18(15)25/h4-11,13H,2-3,12,14H2,1H3,(H,23,26)(H,24,27). The van der Waals surface area contributed by atoms with E-state index in [1.54, 1.807) is 18.2 Å². The van der Waals surface area contributed by atoms with Gasteiger partial charge in [0.05, 0.1) is 11.1 Å². The molecule has 0 saturated heterocycles. The Labute approximate surface area is 172 Å². The highest BCUT2D eigenvalue weighted by Crippen LogP contribution is 2.26. The lowest BCUT2D eigenvalue weighted by molar-refractivity contribution is -0.122. The number of hydrogen-bond acceptors (Lipinski definition) is 3. The molecule has 6 nitrogen and oxygen atoms in total. The summed E-state index contributed by atoms with van der Waals surface area (Å²) in [7, 11) is 0. The number of carbonyl (C=O) groups is 2. The maximum Gasteiger partial charge on any atom is 0.269 e. The minimum Gasteiger partial charge on any atom is -0.492 e. The Morgan fingerprint density at radius 2 is 1.93 bits per heavy atom. The zero-order valence-electron chi connectivity index (χ0n) is 15.6. The van der Waals surface area contributed by atoms with E-state index in [9.17, 15) is 9.59 Å². The number of unbranched alkanes of at least 4 members (excludes halogenated alkanes) is 1. The molecular formula is C21H22BrN3O3. The number of nitrogens with one attached hydrogen (secondary N) is 2. The second-order valence-corrected chi connectivity index (χ2v) is 7.21. The van der Waals surface area contributed by atoms with E-state index in [1.165, 1.54) is 0 Å². The van der Waals surface area contributed by atoms with Crippen molar-refractivity contribution in [2.45, 2.75) is 26.3 Å². The fraction of sp³-hybridized carbons (Fsp3) is 0.238. The summed E-state index contributed by atoms with van der Waals surface area (Å²) in [6.07, 6.45) is 3.87. The van der Waals surface area contributed by atoms with Crippen molar-refractivity contribution < 1.29 is 14.3 Å². The van der Waals surface area contributed by atoms with Crippen molar-refractivity contribution in [2.24, 2.45) is 0 Å². The molecule has 0 aliphatic heterocycles. The van der Waals surface area contributed by atoms with Crippen molar-refractivity contribution >= 4 is 38.6 Å². The van der Waals surface area contributed by atoms with Gasteiger partial charge >= 0.3 is 0 Å². The normalized spacial score (nSPS) is 10.6. The number of rotatable bonds is 7. The first kappa shape index (κ1) is 19.9. The highest BCUT2D eigenvalue weighted by Gasteiger charge is 2.11. The minimum atomic E-state index is -0.397. The SMILES string of the molecule is CCCCOc1ccc(C(=O)NNC(=O)Cn2ccc3ccccc32)cc1Br. The summed E-state index contributed by atoms with van der Waals surface area (Å²) in [5, 5.41) is 1.06. The van der Waals surface area contributed by atoms with Crippen LogP contribution in [0.4, 0.5) is 0 Å². The van der Waals surface area contributed by atoms with E-state index in [0.29, 0.717) is 22.4 Å². The molecule has 146 valence electrons. The van der Waals surface area contributed by atoms with E-state index >= 15 is 0 Å². The molecule has 0 saturated carbocycles. The molecule has 0 radical (unpaired) electrons. The monoisotopic (exact) mass is 443 g/mol. The Morgan fingerprint density at radius 1 is 1.11 bits per heavy atom. The molecule has 0 atom stereocenters. The molecule has 0 unspecified atom stereocenters. The maximum atomic E-state index is 12.3. The smallest absolute Gasteiger partial charge is 0.269 e. The second-order valence-electron chi connectivity index (χ2n) is 6.35. The molecule has 0 spiro atoms. The van der Waals surface area contributed by atoms with Gasteiger partial charge in [-0.3, -0.25) is 20.4 Å². The van der Waals surface area contributed by atoms with Crippen LogP contribution in [0.25, 0.3) is 10.9 Å². The van der Waals surface area contributed by atoms with Gasteiger partial charge in [0.15, 0.2) is 0 Å². The number of aromatic nitrogens is 1. The number of nitrogens with zero attached hydrogens (tertiary/aromatic N) is 1. The highest BCUT2D eigenvalue weighted by molar-refractivity contribution is 9.10. The molecule has 2 N–H and O–H groups in total. The van der Waals surface area contributed by atoms with Crippen molar-refractivity contribution in [3.63, 3.8) is 0 Å². The Bertz CT molecular complexity index is 984. The summed E-state index contributed by atoms with van der Waals surface area (Å²) in [4.78, 5) is 24.5. The summed E-state index contributed by atoms with van der Waals surface area (Å²) < 4.78 is 8.18. The summed E-state index contributed by atoms with van der Waals surface area (Å²) >= 11 is 3.41. The van der Waals surface area contributed by atoms with Gasteiger partial charge in [0.2, 0.25) is 0 Å². The van der Waals surface area contributed by atoms with E-state index in [-0.39, 0.29) is 12.5 Å². The fourth-order valence-corrected chi connectivity index (χ4v) is 3.25. The van der Waals surface area contributed by atoms with Crippen LogP contribution >= 0.6 is 15.9 Å². The Balaban J connectivity index is 1.54. The largest absolute Gasteiger partial charge is 0.492 e. The molecule has 2 aromatic carbocycles. The van der Waals surface area contributed by atoms with Crippen LogP contribution in [0.1, 0.15) is 30.1 Å². The first-order chi connectivity index (χ1) is 13.6. The lowest BCUT2D eigenvalue weighted by Gasteiger charge is -2.11. The molecule has 0 fully saturated rings. The van der Waals surface area contributed by atoms with Crippen LogP contribution in [0, 0.1) is 0 Å². The molecule has 3 aromatic rings. The first-order valence-electron chi connectivity index (χ1n) is 9.14.